The molecule has 0 atom stereocenters. The number of aromatic amines is 1. The third-order valence-electron chi connectivity index (χ3n) is 1.50. The molecule has 2 nitrogen and oxygen atoms in total. The van der Waals surface area contributed by atoms with Gasteiger partial charge in [-0.1, -0.05) is 23.4 Å². The summed E-state index contributed by atoms with van der Waals surface area (Å²) >= 11 is 7.34. The van der Waals surface area contributed by atoms with E-state index in [1.165, 1.54) is 0 Å². The summed E-state index contributed by atoms with van der Waals surface area (Å²) in [6, 6.07) is 7.67. The molecule has 66 valence electrons. The van der Waals surface area contributed by atoms with Crippen molar-refractivity contribution in [3.05, 3.63) is 41.7 Å². The first kappa shape index (κ1) is 8.66. The van der Waals surface area contributed by atoms with E-state index in [9.17, 15) is 0 Å². The van der Waals surface area contributed by atoms with Gasteiger partial charge in [-0.25, -0.2) is 4.98 Å². The molecule has 2 rings (SSSR count). The fourth-order valence-corrected chi connectivity index (χ4v) is 1.78. The van der Waals surface area contributed by atoms with Crippen LogP contribution in [0.2, 0.25) is 5.02 Å². The van der Waals surface area contributed by atoms with Crippen LogP contribution < -0.4 is 0 Å². The van der Waals surface area contributed by atoms with Crippen molar-refractivity contribution in [3.63, 3.8) is 0 Å². The average molecular weight is 211 g/mol. The van der Waals surface area contributed by atoms with Crippen molar-refractivity contribution in [2.75, 3.05) is 0 Å². The molecule has 0 saturated heterocycles. The van der Waals surface area contributed by atoms with Crippen molar-refractivity contribution in [3.8, 4) is 0 Å². The first-order chi connectivity index (χ1) is 6.34. The van der Waals surface area contributed by atoms with Gasteiger partial charge in [0.2, 0.25) is 0 Å². The Hall–Kier alpha value is -0.930. The van der Waals surface area contributed by atoms with Crippen LogP contribution >= 0.6 is 23.4 Å². The molecule has 1 aromatic heterocycles. The highest BCUT2D eigenvalue weighted by Crippen LogP contribution is 2.25. The zero-order valence-corrected chi connectivity index (χ0v) is 8.27. The molecule has 1 heterocycles. The predicted octanol–water partition coefficient (Wildman–Crippen LogP) is 3.21. The Balaban J connectivity index is 2.15. The average Bonchev–Trinajstić information content (AvgIpc) is 2.62. The number of rotatable bonds is 2. The smallest absolute Gasteiger partial charge is 0.170 e. The van der Waals surface area contributed by atoms with Crippen LogP contribution in [0.15, 0.2) is 46.7 Å². The lowest BCUT2D eigenvalue weighted by Crippen LogP contribution is -1.74. The van der Waals surface area contributed by atoms with Crippen molar-refractivity contribution in [1.82, 2.24) is 9.97 Å². The van der Waals surface area contributed by atoms with E-state index in [-0.39, 0.29) is 0 Å². The second-order valence-electron chi connectivity index (χ2n) is 2.45. The maximum atomic E-state index is 5.76. The quantitative estimate of drug-likeness (QED) is 0.825. The van der Waals surface area contributed by atoms with Gasteiger partial charge < -0.3 is 4.98 Å². The lowest BCUT2D eigenvalue weighted by molar-refractivity contribution is 1.06. The Morgan fingerprint density at radius 3 is 2.62 bits per heavy atom. The van der Waals surface area contributed by atoms with Gasteiger partial charge in [0.1, 0.15) is 0 Å². The van der Waals surface area contributed by atoms with Crippen molar-refractivity contribution in [2.24, 2.45) is 0 Å². The Morgan fingerprint density at radius 2 is 2.00 bits per heavy atom. The molecule has 1 N–H and O–H groups in total. The summed E-state index contributed by atoms with van der Waals surface area (Å²) < 4.78 is 0. The molecule has 0 aliphatic carbocycles. The van der Waals surface area contributed by atoms with Gasteiger partial charge >= 0.3 is 0 Å². The highest BCUT2D eigenvalue weighted by molar-refractivity contribution is 7.99. The van der Waals surface area contributed by atoms with E-state index in [4.69, 9.17) is 11.6 Å². The van der Waals surface area contributed by atoms with Gasteiger partial charge in [0.15, 0.2) is 5.16 Å². The van der Waals surface area contributed by atoms with Crippen LogP contribution in [-0.4, -0.2) is 9.97 Å². The Morgan fingerprint density at radius 1 is 1.23 bits per heavy atom. The molecule has 2 aromatic rings. The topological polar surface area (TPSA) is 28.7 Å². The molecule has 0 bridgehead atoms. The Bertz CT molecular complexity index is 369. The molecule has 0 radical (unpaired) electrons. The number of nitrogens with one attached hydrogen (secondary N) is 1. The van der Waals surface area contributed by atoms with E-state index in [1.54, 1.807) is 24.2 Å². The molecule has 0 aliphatic rings. The molecule has 0 saturated carbocycles. The second kappa shape index (κ2) is 3.85. The van der Waals surface area contributed by atoms with E-state index >= 15 is 0 Å². The number of benzene rings is 1. The van der Waals surface area contributed by atoms with Crippen LogP contribution in [0.1, 0.15) is 0 Å². The summed E-state index contributed by atoms with van der Waals surface area (Å²) in [6.07, 6.45) is 3.54. The van der Waals surface area contributed by atoms with E-state index in [0.717, 1.165) is 15.1 Å². The first-order valence-electron chi connectivity index (χ1n) is 3.77. The molecule has 0 unspecified atom stereocenters. The number of H-pyrrole nitrogens is 1. The summed E-state index contributed by atoms with van der Waals surface area (Å²) in [7, 11) is 0. The third-order valence-corrected chi connectivity index (χ3v) is 2.68. The fraction of sp³-hybridized carbons (Fsp3) is 0. The molecule has 13 heavy (non-hydrogen) atoms. The first-order valence-corrected chi connectivity index (χ1v) is 4.97. The van der Waals surface area contributed by atoms with E-state index in [0.29, 0.717) is 0 Å². The van der Waals surface area contributed by atoms with Gasteiger partial charge in [0.25, 0.3) is 0 Å². The predicted molar refractivity (Wildman–Crippen MR) is 54.2 cm³/mol. The number of halogens is 1. The highest BCUT2D eigenvalue weighted by Gasteiger charge is 1.97. The van der Waals surface area contributed by atoms with Crippen molar-refractivity contribution in [1.29, 1.82) is 0 Å². The molecule has 0 aliphatic heterocycles. The number of hydrogen-bond donors (Lipinski definition) is 1. The molecule has 1 aromatic carbocycles. The molecule has 0 spiro atoms. The monoisotopic (exact) mass is 210 g/mol. The van der Waals surface area contributed by atoms with E-state index in [1.807, 2.05) is 24.3 Å². The fourth-order valence-electron chi connectivity index (χ4n) is 0.921. The maximum Gasteiger partial charge on any atom is 0.170 e. The standard InChI is InChI=1S/C9H7ClN2S/c10-7-1-3-8(4-2-7)13-9-11-5-6-12-9/h1-6H,(H,11,12). The summed E-state index contributed by atoms with van der Waals surface area (Å²) in [4.78, 5) is 8.25. The largest absolute Gasteiger partial charge is 0.339 e. The van der Waals surface area contributed by atoms with Gasteiger partial charge in [0.05, 0.1) is 0 Å². The highest BCUT2D eigenvalue weighted by atomic mass is 35.5. The molecular weight excluding hydrogens is 204 g/mol. The zero-order valence-electron chi connectivity index (χ0n) is 6.70. The maximum absolute atomic E-state index is 5.76. The zero-order chi connectivity index (χ0) is 9.10. The summed E-state index contributed by atoms with van der Waals surface area (Å²) in [5.41, 5.74) is 0. The summed E-state index contributed by atoms with van der Waals surface area (Å²) in [5, 5.41) is 1.64. The molecular formula is C9H7ClN2S. The number of nitrogens with zero attached hydrogens (tertiary/aromatic N) is 1. The lowest BCUT2D eigenvalue weighted by Gasteiger charge is -1.96. The number of hydrogen-bond acceptors (Lipinski definition) is 2. The van der Waals surface area contributed by atoms with Crippen molar-refractivity contribution in [2.45, 2.75) is 10.1 Å². The van der Waals surface area contributed by atoms with Crippen LogP contribution in [0.25, 0.3) is 0 Å². The van der Waals surface area contributed by atoms with E-state index < -0.39 is 0 Å². The molecule has 0 fully saturated rings. The second-order valence-corrected chi connectivity index (χ2v) is 3.95. The SMILES string of the molecule is Clc1ccc(Sc2ncc[nH]2)cc1. The molecule has 0 amide bonds. The lowest BCUT2D eigenvalue weighted by atomic mass is 10.4. The van der Waals surface area contributed by atoms with Gasteiger partial charge in [-0.2, -0.15) is 0 Å². The minimum absolute atomic E-state index is 0.754. The minimum atomic E-state index is 0.754. The van der Waals surface area contributed by atoms with Crippen LogP contribution in [-0.2, 0) is 0 Å². The summed E-state index contributed by atoms with van der Waals surface area (Å²) in [6.45, 7) is 0. The van der Waals surface area contributed by atoms with Gasteiger partial charge in [0, 0.05) is 22.3 Å². The Kier molecular flexibility index (Phi) is 2.57. The molecule has 4 heteroatoms. The van der Waals surface area contributed by atoms with Gasteiger partial charge in [-0.05, 0) is 24.3 Å². The van der Waals surface area contributed by atoms with Crippen LogP contribution in [0.5, 0.6) is 0 Å². The van der Waals surface area contributed by atoms with Crippen LogP contribution in [0.3, 0.4) is 0 Å². The van der Waals surface area contributed by atoms with Gasteiger partial charge in [-0.3, -0.25) is 0 Å². The van der Waals surface area contributed by atoms with Gasteiger partial charge in [-0.15, -0.1) is 0 Å². The van der Waals surface area contributed by atoms with Crippen LogP contribution in [0.4, 0.5) is 0 Å². The minimum Gasteiger partial charge on any atom is -0.339 e. The number of imidazole rings is 1. The normalized spacial score (nSPS) is 10.2. The van der Waals surface area contributed by atoms with Crippen molar-refractivity contribution >= 4 is 23.4 Å². The number of aromatic nitrogens is 2. The summed E-state index contributed by atoms with van der Waals surface area (Å²) in [5.74, 6) is 0. The third kappa shape index (κ3) is 2.26. The Labute approximate surface area is 85.3 Å². The van der Waals surface area contributed by atoms with E-state index in [2.05, 4.69) is 9.97 Å². The van der Waals surface area contributed by atoms with Crippen LogP contribution in [0, 0.1) is 0 Å². The van der Waals surface area contributed by atoms with Crippen molar-refractivity contribution < 1.29 is 0 Å².